The highest BCUT2D eigenvalue weighted by Crippen LogP contribution is 2.24. The molecule has 1 saturated heterocycles. The Morgan fingerprint density at radius 3 is 2.76 bits per heavy atom. The molecular formula is C19H22N4O2. The van der Waals surface area contributed by atoms with Gasteiger partial charge in [0, 0.05) is 43.2 Å². The number of nitrogens with one attached hydrogen (secondary N) is 1. The van der Waals surface area contributed by atoms with Crippen molar-refractivity contribution in [1.29, 1.82) is 0 Å². The summed E-state index contributed by atoms with van der Waals surface area (Å²) in [5.41, 5.74) is 1.27. The van der Waals surface area contributed by atoms with Gasteiger partial charge >= 0.3 is 0 Å². The molecule has 2 amide bonds. The monoisotopic (exact) mass is 338 g/mol. The zero-order valence-corrected chi connectivity index (χ0v) is 14.5. The zero-order chi connectivity index (χ0) is 17.8. The smallest absolute Gasteiger partial charge is 0.270 e. The van der Waals surface area contributed by atoms with Crippen LogP contribution in [0, 0.1) is 5.92 Å². The first-order valence-electron chi connectivity index (χ1n) is 8.51. The van der Waals surface area contributed by atoms with E-state index >= 15 is 0 Å². The number of nitrogens with zero attached hydrogens (tertiary/aromatic N) is 3. The van der Waals surface area contributed by atoms with E-state index in [0.29, 0.717) is 31.0 Å². The normalized spacial score (nSPS) is 17.2. The third-order valence-corrected chi connectivity index (χ3v) is 4.25. The number of para-hydroxylation sites is 1. The summed E-state index contributed by atoms with van der Waals surface area (Å²) in [7, 11) is 0. The van der Waals surface area contributed by atoms with Gasteiger partial charge in [0.05, 0.1) is 0 Å². The van der Waals surface area contributed by atoms with Crippen LogP contribution >= 0.6 is 0 Å². The molecule has 6 nitrogen and oxygen atoms in total. The summed E-state index contributed by atoms with van der Waals surface area (Å²) in [5.74, 6) is 0.783. The predicted molar refractivity (Wildman–Crippen MR) is 95.4 cm³/mol. The first-order chi connectivity index (χ1) is 12.0. The molecule has 1 fully saturated rings. The van der Waals surface area contributed by atoms with Crippen molar-refractivity contribution in [2.45, 2.75) is 26.2 Å². The van der Waals surface area contributed by atoms with Gasteiger partial charge in [-0.15, -0.1) is 0 Å². The maximum atomic E-state index is 12.3. The van der Waals surface area contributed by atoms with E-state index in [-0.39, 0.29) is 23.7 Å². The van der Waals surface area contributed by atoms with Gasteiger partial charge in [-0.1, -0.05) is 32.0 Å². The van der Waals surface area contributed by atoms with Gasteiger partial charge in [-0.3, -0.25) is 9.59 Å². The topological polar surface area (TPSA) is 75.2 Å². The third-order valence-electron chi connectivity index (χ3n) is 4.25. The van der Waals surface area contributed by atoms with E-state index in [1.54, 1.807) is 17.2 Å². The van der Waals surface area contributed by atoms with Crippen molar-refractivity contribution in [3.8, 4) is 0 Å². The van der Waals surface area contributed by atoms with E-state index in [1.807, 2.05) is 44.2 Å². The largest absolute Gasteiger partial charge is 0.350 e. The van der Waals surface area contributed by atoms with E-state index in [1.165, 1.54) is 0 Å². The molecule has 1 aliphatic rings. The Labute approximate surface area is 147 Å². The molecule has 3 rings (SSSR count). The minimum absolute atomic E-state index is 0.0922. The Morgan fingerprint density at radius 2 is 2.04 bits per heavy atom. The molecule has 2 aromatic rings. The lowest BCUT2D eigenvalue weighted by Gasteiger charge is -2.16. The van der Waals surface area contributed by atoms with Gasteiger partial charge in [-0.2, -0.15) is 0 Å². The second-order valence-electron chi connectivity index (χ2n) is 6.57. The Bertz CT molecular complexity index is 761. The van der Waals surface area contributed by atoms with E-state index < -0.39 is 0 Å². The van der Waals surface area contributed by atoms with E-state index in [4.69, 9.17) is 0 Å². The van der Waals surface area contributed by atoms with Gasteiger partial charge in [0.1, 0.15) is 11.5 Å². The zero-order valence-electron chi connectivity index (χ0n) is 14.5. The standard InChI is InChI=1S/C19H22N4O2/c1-13(2)18-20-9-8-16(22-18)19(25)21-11-14-10-17(24)23(12-14)15-6-4-3-5-7-15/h3-9,13-14H,10-12H2,1-2H3,(H,21,25). The second kappa shape index (κ2) is 7.42. The Balaban J connectivity index is 1.58. The van der Waals surface area contributed by atoms with Gasteiger partial charge in [0.2, 0.25) is 5.91 Å². The molecule has 25 heavy (non-hydrogen) atoms. The third kappa shape index (κ3) is 4.02. The van der Waals surface area contributed by atoms with Crippen LogP contribution in [0.1, 0.15) is 42.5 Å². The maximum absolute atomic E-state index is 12.3. The second-order valence-corrected chi connectivity index (χ2v) is 6.57. The SMILES string of the molecule is CC(C)c1nccc(C(=O)NCC2CC(=O)N(c3ccccc3)C2)n1. The molecule has 1 atom stereocenters. The molecule has 2 heterocycles. The summed E-state index contributed by atoms with van der Waals surface area (Å²) in [6, 6.07) is 11.2. The van der Waals surface area contributed by atoms with Crippen LogP contribution in [0.25, 0.3) is 0 Å². The van der Waals surface area contributed by atoms with Gasteiger partial charge in [0.25, 0.3) is 5.91 Å². The van der Waals surface area contributed by atoms with Crippen LogP contribution in [0.5, 0.6) is 0 Å². The molecule has 0 radical (unpaired) electrons. The van der Waals surface area contributed by atoms with Crippen molar-refractivity contribution in [1.82, 2.24) is 15.3 Å². The molecule has 6 heteroatoms. The average molecular weight is 338 g/mol. The molecule has 1 aliphatic heterocycles. The molecule has 0 bridgehead atoms. The summed E-state index contributed by atoms with van der Waals surface area (Å²) < 4.78 is 0. The summed E-state index contributed by atoms with van der Waals surface area (Å²) in [5, 5.41) is 2.89. The van der Waals surface area contributed by atoms with Crippen molar-refractivity contribution >= 4 is 17.5 Å². The van der Waals surface area contributed by atoms with Crippen molar-refractivity contribution in [2.75, 3.05) is 18.0 Å². The molecule has 1 aromatic heterocycles. The minimum atomic E-state index is -0.227. The average Bonchev–Trinajstić information content (AvgIpc) is 3.01. The highest BCUT2D eigenvalue weighted by Gasteiger charge is 2.30. The van der Waals surface area contributed by atoms with Crippen LogP contribution in [0.15, 0.2) is 42.6 Å². The fraction of sp³-hybridized carbons (Fsp3) is 0.368. The van der Waals surface area contributed by atoms with Gasteiger partial charge in [-0.05, 0) is 18.2 Å². The van der Waals surface area contributed by atoms with Crippen LogP contribution in [0.3, 0.4) is 0 Å². The first kappa shape index (κ1) is 17.1. The lowest BCUT2D eigenvalue weighted by atomic mass is 10.1. The number of amides is 2. The van der Waals surface area contributed by atoms with Crippen molar-refractivity contribution in [2.24, 2.45) is 5.92 Å². The van der Waals surface area contributed by atoms with Crippen molar-refractivity contribution < 1.29 is 9.59 Å². The van der Waals surface area contributed by atoms with Gasteiger partial charge in [0.15, 0.2) is 0 Å². The van der Waals surface area contributed by atoms with Crippen LogP contribution in [0.4, 0.5) is 5.69 Å². The number of carbonyl (C=O) groups excluding carboxylic acids is 2. The lowest BCUT2D eigenvalue weighted by Crippen LogP contribution is -2.32. The highest BCUT2D eigenvalue weighted by atomic mass is 16.2. The Kier molecular flexibility index (Phi) is 5.07. The van der Waals surface area contributed by atoms with Crippen LogP contribution in [-0.4, -0.2) is 34.9 Å². The van der Waals surface area contributed by atoms with Crippen molar-refractivity contribution in [3.63, 3.8) is 0 Å². The molecule has 1 aromatic carbocycles. The van der Waals surface area contributed by atoms with Crippen LogP contribution in [-0.2, 0) is 4.79 Å². The number of benzene rings is 1. The maximum Gasteiger partial charge on any atom is 0.270 e. The fourth-order valence-electron chi connectivity index (χ4n) is 2.88. The van der Waals surface area contributed by atoms with Crippen molar-refractivity contribution in [3.05, 3.63) is 54.1 Å². The Hall–Kier alpha value is -2.76. The van der Waals surface area contributed by atoms with E-state index in [0.717, 1.165) is 5.69 Å². The van der Waals surface area contributed by atoms with E-state index in [2.05, 4.69) is 15.3 Å². The predicted octanol–water partition coefficient (Wildman–Crippen LogP) is 2.38. The lowest BCUT2D eigenvalue weighted by molar-refractivity contribution is -0.117. The van der Waals surface area contributed by atoms with Gasteiger partial charge in [-0.25, -0.2) is 9.97 Å². The first-order valence-corrected chi connectivity index (χ1v) is 8.51. The van der Waals surface area contributed by atoms with Crippen LogP contribution < -0.4 is 10.2 Å². The molecular weight excluding hydrogens is 316 g/mol. The fourth-order valence-corrected chi connectivity index (χ4v) is 2.88. The molecule has 1 N–H and O–H groups in total. The number of hydrogen-bond acceptors (Lipinski definition) is 4. The molecule has 130 valence electrons. The molecule has 0 saturated carbocycles. The number of hydrogen-bond donors (Lipinski definition) is 1. The molecule has 1 unspecified atom stereocenters. The summed E-state index contributed by atoms with van der Waals surface area (Å²) in [4.78, 5) is 34.8. The number of carbonyl (C=O) groups is 2. The van der Waals surface area contributed by atoms with E-state index in [9.17, 15) is 9.59 Å². The highest BCUT2D eigenvalue weighted by molar-refractivity contribution is 5.96. The number of rotatable bonds is 5. The van der Waals surface area contributed by atoms with Gasteiger partial charge < -0.3 is 10.2 Å². The summed E-state index contributed by atoms with van der Waals surface area (Å²) in [6.07, 6.45) is 2.05. The number of aromatic nitrogens is 2. The summed E-state index contributed by atoms with van der Waals surface area (Å²) >= 11 is 0. The Morgan fingerprint density at radius 1 is 1.28 bits per heavy atom. The minimum Gasteiger partial charge on any atom is -0.350 e. The molecule has 0 spiro atoms. The quantitative estimate of drug-likeness (QED) is 0.908. The van der Waals surface area contributed by atoms with Crippen LogP contribution in [0.2, 0.25) is 0 Å². The number of anilines is 1. The molecule has 0 aliphatic carbocycles. The summed E-state index contributed by atoms with van der Waals surface area (Å²) in [6.45, 7) is 5.04.